The molecule has 3 fully saturated rings. The van der Waals surface area contributed by atoms with Crippen molar-refractivity contribution in [3.05, 3.63) is 35.1 Å². The number of hydrogen-bond donors (Lipinski definition) is 2. The molecule has 4 aliphatic carbocycles. The molecule has 0 aromatic heterocycles. The predicted octanol–water partition coefficient (Wildman–Crippen LogP) is 3.28. The molecule has 4 heteroatoms. The number of rotatable bonds is 1. The van der Waals surface area contributed by atoms with Crippen LogP contribution in [0.5, 0.6) is 0 Å². The number of fused-ring (bicyclic) bond motifs is 5. The number of carbonyl (C=O) groups is 2. The third-order valence-corrected chi connectivity index (χ3v) is 7.70. The minimum atomic E-state index is -0.509. The molecule has 0 aromatic rings. The maximum absolute atomic E-state index is 11.8. The van der Waals surface area contributed by atoms with Crippen LogP contribution in [-0.2, 0) is 9.59 Å². The topological polar surface area (TPSA) is 74.6 Å². The van der Waals surface area contributed by atoms with Gasteiger partial charge in [0, 0.05) is 11.3 Å². The monoisotopic (exact) mass is 342 g/mol. The highest BCUT2D eigenvalue weighted by molar-refractivity contribution is 6.01. The molecule has 0 amide bonds. The molecule has 2 N–H and O–H groups in total. The van der Waals surface area contributed by atoms with Crippen LogP contribution >= 0.6 is 0 Å². The molecule has 25 heavy (non-hydrogen) atoms. The van der Waals surface area contributed by atoms with E-state index in [1.165, 1.54) is 0 Å². The molecule has 0 spiro atoms. The highest BCUT2D eigenvalue weighted by Gasteiger charge is 2.60. The number of aldehydes is 1. The summed E-state index contributed by atoms with van der Waals surface area (Å²) in [6.45, 7) is 4.26. The van der Waals surface area contributed by atoms with E-state index in [9.17, 15) is 19.8 Å². The molecule has 6 atom stereocenters. The maximum atomic E-state index is 11.8. The van der Waals surface area contributed by atoms with Gasteiger partial charge < -0.3 is 10.2 Å². The van der Waals surface area contributed by atoms with Gasteiger partial charge in [0.2, 0.25) is 0 Å². The number of aliphatic hydroxyl groups excluding tert-OH is 2. The third-order valence-electron chi connectivity index (χ3n) is 7.70. The van der Waals surface area contributed by atoms with Gasteiger partial charge in [0.25, 0.3) is 0 Å². The highest BCUT2D eigenvalue weighted by atomic mass is 16.3. The van der Waals surface area contributed by atoms with Crippen molar-refractivity contribution in [3.63, 3.8) is 0 Å². The van der Waals surface area contributed by atoms with Crippen LogP contribution in [0.25, 0.3) is 0 Å². The van der Waals surface area contributed by atoms with Gasteiger partial charge in [-0.15, -0.1) is 0 Å². The summed E-state index contributed by atoms with van der Waals surface area (Å²) in [5.41, 5.74) is 1.40. The molecule has 4 rings (SSSR count). The quantitative estimate of drug-likeness (QED) is 0.436. The fourth-order valence-electron chi connectivity index (χ4n) is 6.63. The van der Waals surface area contributed by atoms with Gasteiger partial charge in [-0.3, -0.25) is 9.59 Å². The molecule has 0 aliphatic heterocycles. The van der Waals surface area contributed by atoms with E-state index >= 15 is 0 Å². The van der Waals surface area contributed by atoms with Crippen LogP contribution < -0.4 is 0 Å². The first-order valence-corrected chi connectivity index (χ1v) is 9.31. The molecule has 0 heterocycles. The Labute approximate surface area is 148 Å². The van der Waals surface area contributed by atoms with E-state index < -0.39 is 6.10 Å². The fourth-order valence-corrected chi connectivity index (χ4v) is 6.63. The number of carbonyl (C=O) groups excluding carboxylic acids is 2. The third kappa shape index (κ3) is 2.16. The van der Waals surface area contributed by atoms with Crippen molar-refractivity contribution in [2.75, 3.05) is 0 Å². The van der Waals surface area contributed by atoms with Crippen LogP contribution in [0.15, 0.2) is 35.1 Å². The van der Waals surface area contributed by atoms with Crippen molar-refractivity contribution in [2.24, 2.45) is 28.6 Å². The van der Waals surface area contributed by atoms with Crippen molar-refractivity contribution in [3.8, 4) is 0 Å². The van der Waals surface area contributed by atoms with Crippen LogP contribution in [0.1, 0.15) is 46.0 Å². The standard InChI is InChI=1S/C21H26O4/c1-20-8-7-13(23)9-12(20)3-4-14-15-5-6-16(18(25)11-22)21(15,2)10-17(24)19(14)20/h7-9,11,14-15,17,19,24-25H,3-6,10H2,1-2H3. The van der Waals surface area contributed by atoms with Gasteiger partial charge in [-0.05, 0) is 67.1 Å². The number of hydrogen-bond acceptors (Lipinski definition) is 4. The molecule has 4 aliphatic rings. The van der Waals surface area contributed by atoms with Crippen LogP contribution in [0, 0.1) is 28.6 Å². The van der Waals surface area contributed by atoms with Gasteiger partial charge in [0.05, 0.1) is 6.10 Å². The van der Waals surface area contributed by atoms with Gasteiger partial charge in [-0.1, -0.05) is 25.5 Å². The van der Waals surface area contributed by atoms with Crippen LogP contribution in [0.3, 0.4) is 0 Å². The minimum Gasteiger partial charge on any atom is -0.505 e. The molecular weight excluding hydrogens is 316 g/mol. The summed E-state index contributed by atoms with van der Waals surface area (Å²) in [6.07, 6.45) is 9.53. The minimum absolute atomic E-state index is 0.0445. The summed E-state index contributed by atoms with van der Waals surface area (Å²) in [6, 6.07) is 0. The zero-order valence-electron chi connectivity index (χ0n) is 14.9. The average molecular weight is 342 g/mol. The number of allylic oxidation sites excluding steroid dienone is 6. The van der Waals surface area contributed by atoms with E-state index in [0.717, 1.165) is 36.8 Å². The second-order valence-electron chi connectivity index (χ2n) is 8.73. The first kappa shape index (κ1) is 16.8. The Hall–Kier alpha value is -1.68. The molecule has 134 valence electrons. The molecule has 0 radical (unpaired) electrons. The lowest BCUT2D eigenvalue weighted by Gasteiger charge is -2.58. The lowest BCUT2D eigenvalue weighted by atomic mass is 9.47. The second-order valence-corrected chi connectivity index (χ2v) is 8.73. The molecule has 0 aromatic carbocycles. The van der Waals surface area contributed by atoms with E-state index in [-0.39, 0.29) is 28.3 Å². The van der Waals surface area contributed by atoms with Crippen molar-refractivity contribution in [2.45, 2.75) is 52.1 Å². The van der Waals surface area contributed by atoms with Crippen LogP contribution in [0.2, 0.25) is 0 Å². The summed E-state index contributed by atoms with van der Waals surface area (Å²) in [7, 11) is 0. The lowest BCUT2D eigenvalue weighted by molar-refractivity contribution is -0.112. The summed E-state index contributed by atoms with van der Waals surface area (Å²) in [5.74, 6) is 0.699. The van der Waals surface area contributed by atoms with Crippen LogP contribution in [-0.4, -0.2) is 28.4 Å². The van der Waals surface area contributed by atoms with Crippen molar-refractivity contribution in [1.29, 1.82) is 0 Å². The molecule has 3 saturated carbocycles. The molecule has 0 bridgehead atoms. The Morgan fingerprint density at radius 1 is 1.28 bits per heavy atom. The SMILES string of the molecule is CC12C=CC(=O)C=C1CCC1C2C(O)CC2(C)C(=C(O)C=O)CCC12. The van der Waals surface area contributed by atoms with E-state index in [2.05, 4.69) is 13.8 Å². The van der Waals surface area contributed by atoms with E-state index in [1.807, 2.05) is 6.08 Å². The van der Waals surface area contributed by atoms with Gasteiger partial charge >= 0.3 is 0 Å². The van der Waals surface area contributed by atoms with Gasteiger partial charge in [-0.2, -0.15) is 0 Å². The molecule has 4 nitrogen and oxygen atoms in total. The largest absolute Gasteiger partial charge is 0.505 e. The summed E-state index contributed by atoms with van der Waals surface area (Å²) in [5, 5.41) is 21.2. The summed E-state index contributed by atoms with van der Waals surface area (Å²) in [4.78, 5) is 22.9. The normalized spacial score (nSPS) is 47.5. The first-order chi connectivity index (χ1) is 11.8. The number of ketones is 1. The Morgan fingerprint density at radius 2 is 2.04 bits per heavy atom. The predicted molar refractivity (Wildman–Crippen MR) is 93.7 cm³/mol. The first-order valence-electron chi connectivity index (χ1n) is 9.31. The number of aliphatic hydroxyl groups is 2. The summed E-state index contributed by atoms with van der Waals surface area (Å²) >= 11 is 0. The van der Waals surface area contributed by atoms with Gasteiger partial charge in [-0.25, -0.2) is 0 Å². The highest BCUT2D eigenvalue weighted by Crippen LogP contribution is 2.66. The van der Waals surface area contributed by atoms with Gasteiger partial charge in [0.15, 0.2) is 17.8 Å². The molecular formula is C21H26O4. The van der Waals surface area contributed by atoms with Crippen molar-refractivity contribution < 1.29 is 19.8 Å². The smallest absolute Gasteiger partial charge is 0.184 e. The Bertz CT molecular complexity index is 730. The van der Waals surface area contributed by atoms with Crippen LogP contribution in [0.4, 0.5) is 0 Å². The zero-order chi connectivity index (χ0) is 18.0. The van der Waals surface area contributed by atoms with Crippen molar-refractivity contribution in [1.82, 2.24) is 0 Å². The summed E-state index contributed by atoms with van der Waals surface area (Å²) < 4.78 is 0. The second kappa shape index (κ2) is 5.41. The lowest BCUT2D eigenvalue weighted by Crippen LogP contribution is -2.55. The van der Waals surface area contributed by atoms with E-state index in [4.69, 9.17) is 0 Å². The maximum Gasteiger partial charge on any atom is 0.184 e. The van der Waals surface area contributed by atoms with E-state index in [1.54, 1.807) is 12.2 Å². The van der Waals surface area contributed by atoms with E-state index in [0.29, 0.717) is 24.5 Å². The fraction of sp³-hybridized carbons (Fsp3) is 0.619. The molecule has 6 unspecified atom stereocenters. The Balaban J connectivity index is 1.76. The van der Waals surface area contributed by atoms with Gasteiger partial charge in [0.1, 0.15) is 0 Å². The molecule has 0 saturated heterocycles. The van der Waals surface area contributed by atoms with Crippen molar-refractivity contribution >= 4 is 12.1 Å². The Morgan fingerprint density at radius 3 is 2.76 bits per heavy atom. The zero-order valence-corrected chi connectivity index (χ0v) is 14.9. The Kier molecular flexibility index (Phi) is 3.63. The average Bonchev–Trinajstić information content (AvgIpc) is 2.91.